The SMILES string of the molecule is COCc1cc(Cl)c(-c2csc3c(NC(=O)OC(C)(C)C)c(OC)nn23)c(OC)c1. The number of benzene rings is 1. The lowest BCUT2D eigenvalue weighted by molar-refractivity contribution is 0.0635. The fraction of sp³-hybridized carbons (Fsp3) is 0.400. The number of hydrogen-bond acceptors (Lipinski definition) is 7. The van der Waals surface area contributed by atoms with E-state index < -0.39 is 11.7 Å². The second-order valence-corrected chi connectivity index (χ2v) is 8.70. The number of nitrogens with zero attached hydrogens (tertiary/aromatic N) is 2. The van der Waals surface area contributed by atoms with Gasteiger partial charge in [-0.25, -0.2) is 9.31 Å². The smallest absolute Gasteiger partial charge is 0.412 e. The largest absolute Gasteiger partial charge is 0.496 e. The molecule has 0 aliphatic carbocycles. The predicted octanol–water partition coefficient (Wildman–Crippen LogP) is 5.23. The summed E-state index contributed by atoms with van der Waals surface area (Å²) in [4.78, 5) is 13.0. The third-order valence-corrected chi connectivity index (χ3v) is 5.28. The highest BCUT2D eigenvalue weighted by Gasteiger charge is 2.25. The minimum absolute atomic E-state index is 0.264. The molecule has 10 heteroatoms. The highest BCUT2D eigenvalue weighted by molar-refractivity contribution is 7.16. The number of ether oxygens (including phenoxy) is 4. The van der Waals surface area contributed by atoms with E-state index >= 15 is 0 Å². The van der Waals surface area contributed by atoms with Gasteiger partial charge >= 0.3 is 6.09 Å². The fourth-order valence-corrected chi connectivity index (χ4v) is 4.20. The number of carbonyl (C=O) groups is 1. The van der Waals surface area contributed by atoms with Crippen LogP contribution >= 0.6 is 22.9 Å². The maximum Gasteiger partial charge on any atom is 0.412 e. The van der Waals surface area contributed by atoms with Crippen LogP contribution in [0.1, 0.15) is 26.3 Å². The molecule has 0 fully saturated rings. The van der Waals surface area contributed by atoms with Crippen LogP contribution in [-0.4, -0.2) is 42.6 Å². The van der Waals surface area contributed by atoms with Crippen molar-refractivity contribution in [1.82, 2.24) is 9.61 Å². The van der Waals surface area contributed by atoms with Gasteiger partial charge in [0.25, 0.3) is 5.88 Å². The number of carbonyl (C=O) groups excluding carboxylic acids is 1. The number of fused-ring (bicyclic) bond motifs is 1. The molecule has 2 aromatic heterocycles. The second kappa shape index (κ2) is 8.71. The number of nitrogens with one attached hydrogen (secondary N) is 1. The van der Waals surface area contributed by atoms with E-state index in [4.69, 9.17) is 30.5 Å². The van der Waals surface area contributed by atoms with Crippen LogP contribution in [0.3, 0.4) is 0 Å². The van der Waals surface area contributed by atoms with Gasteiger partial charge in [-0.05, 0) is 38.5 Å². The molecule has 30 heavy (non-hydrogen) atoms. The van der Waals surface area contributed by atoms with Gasteiger partial charge in [0.05, 0.1) is 37.1 Å². The molecule has 0 atom stereocenters. The van der Waals surface area contributed by atoms with Crippen LogP contribution in [0.2, 0.25) is 5.02 Å². The molecule has 1 amide bonds. The van der Waals surface area contributed by atoms with Crippen molar-refractivity contribution in [3.63, 3.8) is 0 Å². The zero-order valence-corrected chi connectivity index (χ0v) is 19.2. The Labute approximate surface area is 183 Å². The zero-order valence-electron chi connectivity index (χ0n) is 17.7. The lowest BCUT2D eigenvalue weighted by Crippen LogP contribution is -2.27. The van der Waals surface area contributed by atoms with E-state index in [1.807, 2.05) is 17.5 Å². The van der Waals surface area contributed by atoms with Gasteiger partial charge < -0.3 is 18.9 Å². The van der Waals surface area contributed by atoms with Gasteiger partial charge in [-0.3, -0.25) is 5.32 Å². The topological polar surface area (TPSA) is 83.3 Å². The van der Waals surface area contributed by atoms with Gasteiger partial charge in [0, 0.05) is 12.5 Å². The first-order valence-electron chi connectivity index (χ1n) is 9.08. The Balaban J connectivity index is 2.08. The number of amides is 1. The van der Waals surface area contributed by atoms with E-state index in [0.29, 0.717) is 39.2 Å². The molecule has 0 aliphatic heterocycles. The molecule has 8 nitrogen and oxygen atoms in total. The minimum atomic E-state index is -0.630. The molecule has 1 aromatic carbocycles. The summed E-state index contributed by atoms with van der Waals surface area (Å²) in [6.45, 7) is 5.79. The van der Waals surface area contributed by atoms with E-state index in [1.54, 1.807) is 39.5 Å². The lowest BCUT2D eigenvalue weighted by Gasteiger charge is -2.19. The molecule has 0 saturated heterocycles. The van der Waals surface area contributed by atoms with Crippen molar-refractivity contribution in [2.24, 2.45) is 0 Å². The molecular formula is C20H24ClN3O5S. The summed E-state index contributed by atoms with van der Waals surface area (Å²) >= 11 is 7.97. The van der Waals surface area contributed by atoms with Gasteiger partial charge in [-0.1, -0.05) is 11.6 Å². The van der Waals surface area contributed by atoms with Gasteiger partial charge in [0.1, 0.15) is 21.9 Å². The van der Waals surface area contributed by atoms with Crippen molar-refractivity contribution >= 4 is 39.5 Å². The van der Waals surface area contributed by atoms with Crippen molar-refractivity contribution < 1.29 is 23.7 Å². The lowest BCUT2D eigenvalue weighted by atomic mass is 10.1. The first-order chi connectivity index (χ1) is 14.2. The average Bonchev–Trinajstić information content (AvgIpc) is 3.20. The fourth-order valence-electron chi connectivity index (χ4n) is 2.93. The summed E-state index contributed by atoms with van der Waals surface area (Å²) in [7, 11) is 4.68. The first kappa shape index (κ1) is 22.2. The monoisotopic (exact) mass is 453 g/mol. The first-order valence-corrected chi connectivity index (χ1v) is 10.3. The van der Waals surface area contributed by atoms with Crippen molar-refractivity contribution in [1.29, 1.82) is 0 Å². The molecule has 0 bridgehead atoms. The average molecular weight is 454 g/mol. The van der Waals surface area contributed by atoms with E-state index in [2.05, 4.69) is 10.4 Å². The molecular weight excluding hydrogens is 430 g/mol. The normalized spacial score (nSPS) is 11.6. The summed E-state index contributed by atoms with van der Waals surface area (Å²) in [6, 6.07) is 3.70. The Bertz CT molecular complexity index is 1070. The molecule has 162 valence electrons. The number of thiazole rings is 1. The Morgan fingerprint density at radius 3 is 2.57 bits per heavy atom. The van der Waals surface area contributed by atoms with Crippen LogP contribution in [0.4, 0.5) is 10.5 Å². The van der Waals surface area contributed by atoms with Crippen LogP contribution in [0, 0.1) is 0 Å². The number of halogens is 1. The number of anilines is 1. The summed E-state index contributed by atoms with van der Waals surface area (Å²) in [5.74, 6) is 0.852. The van der Waals surface area contributed by atoms with Crippen LogP contribution in [0.25, 0.3) is 16.1 Å². The molecule has 0 unspecified atom stereocenters. The quantitative estimate of drug-likeness (QED) is 0.550. The molecule has 0 aliphatic rings. The Hall–Kier alpha value is -2.49. The molecule has 0 spiro atoms. The Morgan fingerprint density at radius 1 is 1.23 bits per heavy atom. The molecule has 0 radical (unpaired) electrons. The van der Waals surface area contributed by atoms with Crippen molar-refractivity contribution in [2.75, 3.05) is 26.6 Å². The summed E-state index contributed by atoms with van der Waals surface area (Å²) in [6.07, 6.45) is -0.592. The predicted molar refractivity (Wildman–Crippen MR) is 117 cm³/mol. The van der Waals surface area contributed by atoms with Crippen LogP contribution in [-0.2, 0) is 16.1 Å². The Morgan fingerprint density at radius 2 is 1.97 bits per heavy atom. The van der Waals surface area contributed by atoms with Gasteiger partial charge in [0.2, 0.25) is 0 Å². The standard InChI is InChI=1S/C20H24ClN3O5S/c1-20(2,3)29-19(25)22-16-17(28-6)23-24-13(10-30-18(16)24)15-12(21)7-11(9-26-4)8-14(15)27-5/h7-8,10H,9H2,1-6H3,(H,22,25). The summed E-state index contributed by atoms with van der Waals surface area (Å²) in [5.41, 5.74) is 2.07. The molecule has 3 rings (SSSR count). The van der Waals surface area contributed by atoms with Crippen LogP contribution < -0.4 is 14.8 Å². The highest BCUT2D eigenvalue weighted by atomic mass is 35.5. The van der Waals surface area contributed by atoms with Crippen molar-refractivity contribution in [3.8, 4) is 22.9 Å². The van der Waals surface area contributed by atoms with Crippen molar-refractivity contribution in [2.45, 2.75) is 33.0 Å². The van der Waals surface area contributed by atoms with E-state index in [9.17, 15) is 4.79 Å². The van der Waals surface area contributed by atoms with E-state index in [-0.39, 0.29) is 5.88 Å². The minimum Gasteiger partial charge on any atom is -0.496 e. The zero-order chi connectivity index (χ0) is 22.1. The maximum atomic E-state index is 12.3. The van der Waals surface area contributed by atoms with E-state index in [0.717, 1.165) is 5.56 Å². The summed E-state index contributed by atoms with van der Waals surface area (Å²) < 4.78 is 23.1. The summed E-state index contributed by atoms with van der Waals surface area (Å²) in [5, 5.41) is 9.61. The number of hydrogen-bond donors (Lipinski definition) is 1. The second-order valence-electron chi connectivity index (χ2n) is 7.44. The van der Waals surface area contributed by atoms with Crippen LogP contribution in [0.5, 0.6) is 11.6 Å². The number of methoxy groups -OCH3 is 3. The molecule has 0 saturated carbocycles. The van der Waals surface area contributed by atoms with E-state index in [1.165, 1.54) is 18.4 Å². The van der Waals surface area contributed by atoms with Gasteiger partial charge in [-0.2, -0.15) is 0 Å². The van der Waals surface area contributed by atoms with Crippen molar-refractivity contribution in [3.05, 3.63) is 28.1 Å². The maximum absolute atomic E-state index is 12.3. The Kier molecular flexibility index (Phi) is 6.44. The molecule has 3 aromatic rings. The van der Waals surface area contributed by atoms with Gasteiger partial charge in [-0.15, -0.1) is 16.4 Å². The number of aromatic nitrogens is 2. The number of rotatable bonds is 6. The molecule has 2 heterocycles. The molecule has 1 N–H and O–H groups in total. The third kappa shape index (κ3) is 4.48. The van der Waals surface area contributed by atoms with Crippen LogP contribution in [0.15, 0.2) is 17.5 Å². The highest BCUT2D eigenvalue weighted by Crippen LogP contribution is 2.42. The third-order valence-electron chi connectivity index (χ3n) is 4.04. The van der Waals surface area contributed by atoms with Gasteiger partial charge in [0.15, 0.2) is 0 Å².